The number of benzene rings is 3. The van der Waals surface area contributed by atoms with E-state index in [0.29, 0.717) is 40.3 Å². The number of methoxy groups -OCH3 is 2. The molecule has 0 unspecified atom stereocenters. The van der Waals surface area contributed by atoms with E-state index in [4.69, 9.17) is 23.4 Å². The second-order valence-electron chi connectivity index (χ2n) is 9.74. The third-order valence-electron chi connectivity index (χ3n) is 7.37. The summed E-state index contributed by atoms with van der Waals surface area (Å²) < 4.78 is 27.4. The minimum Gasteiger partial charge on any atom is -0.507 e. The molecule has 6 rings (SSSR count). The number of aromatic hydroxyl groups is 1. The molecule has 4 aromatic rings. The van der Waals surface area contributed by atoms with Crippen LogP contribution in [0.15, 0.2) is 63.8 Å². The van der Waals surface area contributed by atoms with Gasteiger partial charge in [-0.25, -0.2) is 4.79 Å². The van der Waals surface area contributed by atoms with Gasteiger partial charge in [-0.3, -0.25) is 9.80 Å². The monoisotopic (exact) mass is 530 g/mol. The first-order chi connectivity index (χ1) is 19.0. The maximum Gasteiger partial charge on any atom is 0.344 e. The summed E-state index contributed by atoms with van der Waals surface area (Å²) in [5.41, 5.74) is 2.81. The topological polar surface area (TPSA) is 93.8 Å². The van der Waals surface area contributed by atoms with Crippen molar-refractivity contribution < 1.29 is 28.5 Å². The molecule has 2 aliphatic heterocycles. The van der Waals surface area contributed by atoms with Gasteiger partial charge in [0.25, 0.3) is 0 Å². The van der Waals surface area contributed by atoms with Crippen LogP contribution in [0.5, 0.6) is 28.7 Å². The van der Waals surface area contributed by atoms with Crippen molar-refractivity contribution in [2.75, 3.05) is 47.2 Å². The van der Waals surface area contributed by atoms with Crippen LogP contribution in [0, 0.1) is 0 Å². The summed E-state index contributed by atoms with van der Waals surface area (Å²) in [4.78, 5) is 17.7. The van der Waals surface area contributed by atoms with Crippen LogP contribution in [0.2, 0.25) is 0 Å². The Kier molecular flexibility index (Phi) is 6.76. The van der Waals surface area contributed by atoms with Crippen LogP contribution >= 0.6 is 0 Å². The number of nitrogens with zero attached hydrogens (tertiary/aromatic N) is 2. The number of hydrogen-bond acceptors (Lipinski definition) is 9. The summed E-state index contributed by atoms with van der Waals surface area (Å²) in [5, 5.41) is 11.5. The summed E-state index contributed by atoms with van der Waals surface area (Å²) in [6, 6.07) is 16.6. The van der Waals surface area contributed by atoms with Crippen molar-refractivity contribution in [1.82, 2.24) is 9.80 Å². The highest BCUT2D eigenvalue weighted by Gasteiger charge is 2.22. The first-order valence-electron chi connectivity index (χ1n) is 12.9. The maximum absolute atomic E-state index is 13.1. The summed E-state index contributed by atoms with van der Waals surface area (Å²) in [6.07, 6.45) is 0. The lowest BCUT2D eigenvalue weighted by Crippen LogP contribution is -2.45. The summed E-state index contributed by atoms with van der Waals surface area (Å²) in [7, 11) is 3.12. The lowest BCUT2D eigenvalue weighted by atomic mass is 10.0. The van der Waals surface area contributed by atoms with Crippen molar-refractivity contribution in [2.45, 2.75) is 13.1 Å². The van der Waals surface area contributed by atoms with Gasteiger partial charge >= 0.3 is 5.63 Å². The van der Waals surface area contributed by atoms with E-state index in [9.17, 15) is 9.90 Å². The van der Waals surface area contributed by atoms with Crippen molar-refractivity contribution >= 4 is 11.0 Å². The van der Waals surface area contributed by atoms with Crippen LogP contribution in [0.4, 0.5) is 0 Å². The van der Waals surface area contributed by atoms with E-state index in [0.717, 1.165) is 49.6 Å². The zero-order valence-electron chi connectivity index (χ0n) is 21.9. The number of phenolic OH excluding ortho intramolecular Hbond substituents is 1. The molecule has 202 valence electrons. The molecule has 1 N–H and O–H groups in total. The fourth-order valence-corrected chi connectivity index (χ4v) is 5.22. The van der Waals surface area contributed by atoms with Gasteiger partial charge in [-0.05, 0) is 53.6 Å². The highest BCUT2D eigenvalue weighted by molar-refractivity contribution is 5.86. The van der Waals surface area contributed by atoms with Crippen LogP contribution in [0.25, 0.3) is 22.1 Å². The van der Waals surface area contributed by atoms with Crippen LogP contribution in [-0.2, 0) is 13.1 Å². The Balaban J connectivity index is 1.18. The smallest absolute Gasteiger partial charge is 0.344 e. The zero-order valence-corrected chi connectivity index (χ0v) is 21.9. The molecule has 0 saturated carbocycles. The lowest BCUT2D eigenvalue weighted by molar-refractivity contribution is 0.121. The van der Waals surface area contributed by atoms with Crippen LogP contribution in [0.1, 0.15) is 11.1 Å². The fraction of sp³-hybridized carbons (Fsp3) is 0.300. The third-order valence-corrected chi connectivity index (χ3v) is 7.37. The second-order valence-corrected chi connectivity index (χ2v) is 9.74. The zero-order chi connectivity index (χ0) is 26.9. The maximum atomic E-state index is 13.1. The third kappa shape index (κ3) is 4.98. The molecule has 9 heteroatoms. The molecule has 1 saturated heterocycles. The minimum absolute atomic E-state index is 0.118. The van der Waals surface area contributed by atoms with Gasteiger partial charge in [0.15, 0.2) is 23.0 Å². The van der Waals surface area contributed by atoms with Crippen molar-refractivity contribution in [1.29, 1.82) is 0 Å². The Bertz CT molecular complexity index is 1570. The van der Waals surface area contributed by atoms with Crippen molar-refractivity contribution in [3.63, 3.8) is 0 Å². The molecule has 3 heterocycles. The van der Waals surface area contributed by atoms with Gasteiger partial charge in [0, 0.05) is 44.7 Å². The number of rotatable bonds is 7. The number of ether oxygens (including phenoxy) is 4. The van der Waals surface area contributed by atoms with Crippen molar-refractivity contribution in [2.24, 2.45) is 0 Å². The molecule has 0 atom stereocenters. The van der Waals surface area contributed by atoms with Gasteiger partial charge in [0.05, 0.1) is 25.3 Å². The molecule has 1 aromatic heterocycles. The van der Waals surface area contributed by atoms with Gasteiger partial charge in [-0.15, -0.1) is 0 Å². The molecule has 1 fully saturated rings. The predicted molar refractivity (Wildman–Crippen MR) is 146 cm³/mol. The second kappa shape index (κ2) is 10.5. The Morgan fingerprint density at radius 1 is 0.821 bits per heavy atom. The normalized spacial score (nSPS) is 15.5. The largest absolute Gasteiger partial charge is 0.507 e. The molecule has 0 bridgehead atoms. The van der Waals surface area contributed by atoms with E-state index in [1.165, 1.54) is 5.56 Å². The van der Waals surface area contributed by atoms with Crippen LogP contribution < -0.4 is 24.6 Å². The lowest BCUT2D eigenvalue weighted by Gasteiger charge is -2.34. The Hall–Kier alpha value is -4.21. The molecule has 9 nitrogen and oxygen atoms in total. The Labute approximate surface area is 225 Å². The number of phenols is 1. The Morgan fingerprint density at radius 2 is 1.56 bits per heavy atom. The van der Waals surface area contributed by atoms with Crippen molar-refractivity contribution in [3.8, 4) is 39.9 Å². The minimum atomic E-state index is -0.477. The predicted octanol–water partition coefficient (Wildman–Crippen LogP) is 4.23. The quantitative estimate of drug-likeness (QED) is 0.352. The Morgan fingerprint density at radius 3 is 2.33 bits per heavy atom. The van der Waals surface area contributed by atoms with Gasteiger partial charge < -0.3 is 28.5 Å². The summed E-state index contributed by atoms with van der Waals surface area (Å²) in [6.45, 7) is 5.01. The average Bonchev–Trinajstić information content (AvgIpc) is 3.43. The standard InChI is InChI=1S/C30H30N2O7/c1-35-25-8-5-20(15-27(25)36-2)22-14-21-4-6-24(33)23(29(21)39-30(22)34)17-32-11-9-31(10-12-32)16-19-3-7-26-28(13-19)38-18-37-26/h3-8,13-15,33H,9-12,16-18H2,1-2H3. The fourth-order valence-electron chi connectivity index (χ4n) is 5.22. The molecule has 0 aliphatic carbocycles. The van der Waals surface area contributed by atoms with E-state index in [1.54, 1.807) is 50.6 Å². The van der Waals surface area contributed by atoms with E-state index >= 15 is 0 Å². The van der Waals surface area contributed by atoms with Crippen LogP contribution in [0.3, 0.4) is 0 Å². The highest BCUT2D eigenvalue weighted by Crippen LogP contribution is 2.35. The van der Waals surface area contributed by atoms with Gasteiger partial charge in [0.1, 0.15) is 11.3 Å². The number of fused-ring (bicyclic) bond motifs is 2. The first-order valence-corrected chi connectivity index (χ1v) is 12.9. The molecule has 0 radical (unpaired) electrons. The first kappa shape index (κ1) is 25.1. The molecule has 0 amide bonds. The van der Waals surface area contributed by atoms with E-state index in [1.807, 2.05) is 12.1 Å². The van der Waals surface area contributed by atoms with E-state index < -0.39 is 5.63 Å². The molecular weight excluding hydrogens is 500 g/mol. The average molecular weight is 531 g/mol. The summed E-state index contributed by atoms with van der Waals surface area (Å²) >= 11 is 0. The molecule has 2 aliphatic rings. The van der Waals surface area contributed by atoms with E-state index in [2.05, 4.69) is 15.9 Å². The molecule has 3 aromatic carbocycles. The molecule has 0 spiro atoms. The summed E-state index contributed by atoms with van der Waals surface area (Å²) in [5.74, 6) is 2.81. The van der Waals surface area contributed by atoms with Gasteiger partial charge in [-0.2, -0.15) is 0 Å². The van der Waals surface area contributed by atoms with Crippen LogP contribution in [-0.4, -0.2) is 62.1 Å². The van der Waals surface area contributed by atoms with Crippen molar-refractivity contribution in [3.05, 3.63) is 76.1 Å². The molecular formula is C30H30N2O7. The number of piperazine rings is 1. The number of hydrogen-bond donors (Lipinski definition) is 1. The van der Waals surface area contributed by atoms with Gasteiger partial charge in [0.2, 0.25) is 6.79 Å². The van der Waals surface area contributed by atoms with Gasteiger partial charge in [-0.1, -0.05) is 12.1 Å². The molecule has 39 heavy (non-hydrogen) atoms. The van der Waals surface area contributed by atoms with E-state index in [-0.39, 0.29) is 12.5 Å². The highest BCUT2D eigenvalue weighted by atomic mass is 16.7. The SMILES string of the molecule is COc1ccc(-c2cc3ccc(O)c(CN4CCN(Cc5ccc6c(c5)OCO6)CC4)c3oc2=O)cc1OC.